The van der Waals surface area contributed by atoms with E-state index in [9.17, 15) is 9.59 Å². The first-order chi connectivity index (χ1) is 14.6. The van der Waals surface area contributed by atoms with E-state index in [1.807, 2.05) is 24.3 Å². The van der Waals surface area contributed by atoms with E-state index >= 15 is 0 Å². The van der Waals surface area contributed by atoms with Crippen molar-refractivity contribution < 1.29 is 19.1 Å². The molecular weight excluding hydrogens is 384 g/mol. The first kappa shape index (κ1) is 18.6. The topological polar surface area (TPSA) is 83.1 Å². The highest BCUT2D eigenvalue weighted by molar-refractivity contribution is 6.02. The third-order valence-electron chi connectivity index (χ3n) is 6.12. The standard InChI is InChI=1S/C22H24N4O4/c1-2-26-17-6-4-3-5-16(17)20(27)24-22(26)9-11-25(12-10-22)21(28)23-15-7-8-18-19(13-15)30-14-29-18/h3-8,13H,2,9-12,14H2,1H3,(H,23,28)(H,24,27). The molecule has 0 radical (unpaired) electrons. The molecule has 1 saturated heterocycles. The van der Waals surface area contributed by atoms with E-state index in [-0.39, 0.29) is 18.7 Å². The van der Waals surface area contributed by atoms with Gasteiger partial charge in [-0.1, -0.05) is 12.1 Å². The van der Waals surface area contributed by atoms with Gasteiger partial charge in [-0.25, -0.2) is 4.79 Å². The SMILES string of the molecule is CCN1c2ccccc2C(=O)NC12CCN(C(=O)Nc1ccc3c(c1)OCO3)CC2. The second-order valence-electron chi connectivity index (χ2n) is 7.73. The molecule has 1 fully saturated rings. The average Bonchev–Trinajstić information content (AvgIpc) is 3.22. The fraction of sp³-hybridized carbons (Fsp3) is 0.364. The minimum absolute atomic E-state index is 0.0476. The summed E-state index contributed by atoms with van der Waals surface area (Å²) in [6, 6.07) is 12.9. The van der Waals surface area contributed by atoms with Gasteiger partial charge in [-0.2, -0.15) is 0 Å². The molecule has 3 aliphatic heterocycles. The Kier molecular flexibility index (Phi) is 4.42. The van der Waals surface area contributed by atoms with Crippen LogP contribution in [0.3, 0.4) is 0 Å². The molecule has 2 N–H and O–H groups in total. The number of nitrogens with zero attached hydrogens (tertiary/aromatic N) is 2. The summed E-state index contributed by atoms with van der Waals surface area (Å²) in [6.07, 6.45) is 1.32. The van der Waals surface area contributed by atoms with Gasteiger partial charge in [0.15, 0.2) is 11.5 Å². The number of ether oxygens (including phenoxy) is 2. The zero-order valence-electron chi connectivity index (χ0n) is 16.8. The fourth-order valence-electron chi connectivity index (χ4n) is 4.60. The van der Waals surface area contributed by atoms with E-state index in [4.69, 9.17) is 9.47 Å². The highest BCUT2D eigenvalue weighted by atomic mass is 16.7. The third-order valence-corrected chi connectivity index (χ3v) is 6.12. The predicted molar refractivity (Wildman–Crippen MR) is 112 cm³/mol. The highest BCUT2D eigenvalue weighted by Crippen LogP contribution is 2.37. The van der Waals surface area contributed by atoms with Crippen LogP contribution >= 0.6 is 0 Å². The monoisotopic (exact) mass is 408 g/mol. The number of hydrogen-bond donors (Lipinski definition) is 2. The van der Waals surface area contributed by atoms with E-state index < -0.39 is 5.66 Å². The molecule has 0 bridgehead atoms. The maximum absolute atomic E-state index is 12.8. The first-order valence-corrected chi connectivity index (χ1v) is 10.2. The molecule has 3 aliphatic rings. The van der Waals surface area contributed by atoms with Crippen LogP contribution in [0.15, 0.2) is 42.5 Å². The molecule has 0 atom stereocenters. The molecule has 0 aromatic heterocycles. The molecule has 5 rings (SSSR count). The number of benzene rings is 2. The van der Waals surface area contributed by atoms with Gasteiger partial charge in [-0.15, -0.1) is 0 Å². The van der Waals surface area contributed by atoms with Crippen LogP contribution in [0, 0.1) is 0 Å². The van der Waals surface area contributed by atoms with Crippen LogP contribution in [0.1, 0.15) is 30.1 Å². The number of urea groups is 1. The summed E-state index contributed by atoms with van der Waals surface area (Å²) in [7, 11) is 0. The van der Waals surface area contributed by atoms with Gasteiger partial charge in [-0.3, -0.25) is 4.79 Å². The molecule has 2 aromatic rings. The number of nitrogens with one attached hydrogen (secondary N) is 2. The Balaban J connectivity index is 1.29. The molecule has 0 unspecified atom stereocenters. The number of piperidine rings is 1. The number of carbonyl (C=O) groups excluding carboxylic acids is 2. The predicted octanol–water partition coefficient (Wildman–Crippen LogP) is 3.01. The van der Waals surface area contributed by atoms with E-state index in [1.54, 1.807) is 23.1 Å². The number of likely N-dealkylation sites (tertiary alicyclic amines) is 1. The third kappa shape index (κ3) is 2.99. The van der Waals surface area contributed by atoms with Crippen molar-refractivity contribution in [3.8, 4) is 11.5 Å². The van der Waals surface area contributed by atoms with E-state index in [2.05, 4.69) is 22.5 Å². The zero-order chi connectivity index (χ0) is 20.7. The van der Waals surface area contributed by atoms with Crippen molar-refractivity contribution in [2.75, 3.05) is 36.6 Å². The van der Waals surface area contributed by atoms with Crippen molar-refractivity contribution in [1.29, 1.82) is 0 Å². The lowest BCUT2D eigenvalue weighted by Crippen LogP contribution is -2.68. The van der Waals surface area contributed by atoms with Crippen molar-refractivity contribution in [1.82, 2.24) is 10.2 Å². The van der Waals surface area contributed by atoms with Crippen LogP contribution in [0.4, 0.5) is 16.2 Å². The van der Waals surface area contributed by atoms with Crippen molar-refractivity contribution in [2.45, 2.75) is 25.4 Å². The van der Waals surface area contributed by atoms with Crippen molar-refractivity contribution >= 4 is 23.3 Å². The fourth-order valence-corrected chi connectivity index (χ4v) is 4.60. The summed E-state index contributed by atoms with van der Waals surface area (Å²) >= 11 is 0. The normalized spacial score (nSPS) is 18.8. The molecule has 1 spiro atoms. The Labute approximate surface area is 174 Å². The van der Waals surface area contributed by atoms with Gasteiger partial charge in [0, 0.05) is 44.2 Å². The van der Waals surface area contributed by atoms with E-state index in [0.29, 0.717) is 48.7 Å². The summed E-state index contributed by atoms with van der Waals surface area (Å²) in [5, 5.41) is 6.16. The number of amides is 3. The van der Waals surface area contributed by atoms with Crippen LogP contribution < -0.4 is 25.0 Å². The zero-order valence-corrected chi connectivity index (χ0v) is 16.8. The lowest BCUT2D eigenvalue weighted by Gasteiger charge is -2.52. The Bertz CT molecular complexity index is 1000. The molecule has 8 heteroatoms. The smallest absolute Gasteiger partial charge is 0.321 e. The molecule has 2 aromatic carbocycles. The number of anilines is 2. The van der Waals surface area contributed by atoms with Crippen LogP contribution in [-0.4, -0.2) is 48.9 Å². The summed E-state index contributed by atoms with van der Waals surface area (Å²) in [5.41, 5.74) is 1.87. The van der Waals surface area contributed by atoms with E-state index in [1.165, 1.54) is 0 Å². The molecular formula is C22H24N4O4. The van der Waals surface area contributed by atoms with Gasteiger partial charge in [0.1, 0.15) is 5.66 Å². The van der Waals surface area contributed by atoms with Crippen LogP contribution in [0.25, 0.3) is 0 Å². The Morgan fingerprint density at radius 2 is 1.90 bits per heavy atom. The number of hydrogen-bond acceptors (Lipinski definition) is 5. The lowest BCUT2D eigenvalue weighted by molar-refractivity contribution is 0.0808. The highest BCUT2D eigenvalue weighted by Gasteiger charge is 2.45. The van der Waals surface area contributed by atoms with Crippen LogP contribution in [0.5, 0.6) is 11.5 Å². The lowest BCUT2D eigenvalue weighted by atomic mass is 9.90. The Morgan fingerprint density at radius 1 is 1.13 bits per heavy atom. The van der Waals surface area contributed by atoms with Crippen molar-refractivity contribution in [3.63, 3.8) is 0 Å². The van der Waals surface area contributed by atoms with Gasteiger partial charge < -0.3 is 29.9 Å². The quantitative estimate of drug-likeness (QED) is 0.798. The molecule has 3 heterocycles. The molecule has 0 aliphatic carbocycles. The van der Waals surface area contributed by atoms with Gasteiger partial charge >= 0.3 is 6.03 Å². The largest absolute Gasteiger partial charge is 0.454 e. The van der Waals surface area contributed by atoms with Crippen molar-refractivity contribution in [3.05, 3.63) is 48.0 Å². The molecule has 3 amide bonds. The van der Waals surface area contributed by atoms with E-state index in [0.717, 1.165) is 12.2 Å². The average molecular weight is 408 g/mol. The maximum atomic E-state index is 12.8. The van der Waals surface area contributed by atoms with Crippen molar-refractivity contribution in [2.24, 2.45) is 0 Å². The number of carbonyl (C=O) groups is 2. The number of fused-ring (bicyclic) bond motifs is 2. The number of rotatable bonds is 2. The van der Waals surface area contributed by atoms with Crippen LogP contribution in [-0.2, 0) is 0 Å². The Morgan fingerprint density at radius 3 is 2.70 bits per heavy atom. The number of para-hydroxylation sites is 1. The first-order valence-electron chi connectivity index (χ1n) is 10.2. The molecule has 156 valence electrons. The Hall–Kier alpha value is -3.42. The summed E-state index contributed by atoms with van der Waals surface area (Å²) in [4.78, 5) is 29.6. The van der Waals surface area contributed by atoms with Gasteiger partial charge in [0.05, 0.1) is 11.3 Å². The van der Waals surface area contributed by atoms with Gasteiger partial charge in [0.2, 0.25) is 6.79 Å². The summed E-state index contributed by atoms with van der Waals surface area (Å²) < 4.78 is 10.7. The molecule has 30 heavy (non-hydrogen) atoms. The minimum Gasteiger partial charge on any atom is -0.454 e. The second-order valence-corrected chi connectivity index (χ2v) is 7.73. The molecule has 0 saturated carbocycles. The summed E-state index contributed by atoms with van der Waals surface area (Å²) in [6.45, 7) is 4.17. The summed E-state index contributed by atoms with van der Waals surface area (Å²) in [5.74, 6) is 1.27. The van der Waals surface area contributed by atoms with Gasteiger partial charge in [-0.05, 0) is 31.2 Å². The van der Waals surface area contributed by atoms with Crippen LogP contribution in [0.2, 0.25) is 0 Å². The minimum atomic E-state index is -0.463. The maximum Gasteiger partial charge on any atom is 0.321 e. The second kappa shape index (κ2) is 7.12. The molecule has 8 nitrogen and oxygen atoms in total. The van der Waals surface area contributed by atoms with Gasteiger partial charge in [0.25, 0.3) is 5.91 Å².